The molecule has 5 nitrogen and oxygen atoms in total. The Labute approximate surface area is 122 Å². The number of hydrogen-bond donors (Lipinski definition) is 0. The third kappa shape index (κ3) is 2.44. The van der Waals surface area contributed by atoms with Crippen LogP contribution in [0.15, 0.2) is 10.9 Å². The molecule has 6 heteroatoms. The highest BCUT2D eigenvalue weighted by Gasteiger charge is 2.21. The number of hydrogen-bond acceptors (Lipinski definition) is 5. The minimum absolute atomic E-state index is 0.0594. The smallest absolute Gasteiger partial charge is 0.277 e. The van der Waals surface area contributed by atoms with Gasteiger partial charge in [-0.15, -0.1) is 0 Å². The van der Waals surface area contributed by atoms with Crippen LogP contribution in [0.25, 0.3) is 4.96 Å². The van der Waals surface area contributed by atoms with Gasteiger partial charge in [-0.25, -0.2) is 4.98 Å². The number of piperidine rings is 1. The van der Waals surface area contributed by atoms with Crippen LogP contribution in [0.1, 0.15) is 45.0 Å². The van der Waals surface area contributed by atoms with Gasteiger partial charge in [-0.2, -0.15) is 9.61 Å². The predicted octanol–water partition coefficient (Wildman–Crippen LogP) is 2.44. The van der Waals surface area contributed by atoms with Crippen molar-refractivity contribution in [2.75, 3.05) is 18.0 Å². The summed E-state index contributed by atoms with van der Waals surface area (Å²) in [5, 5.41) is 5.35. The first kappa shape index (κ1) is 13.5. The van der Waals surface area contributed by atoms with Crippen molar-refractivity contribution in [1.29, 1.82) is 0 Å². The Kier molecular flexibility index (Phi) is 3.28. The third-order valence-corrected chi connectivity index (χ3v) is 4.89. The summed E-state index contributed by atoms with van der Waals surface area (Å²) in [5.74, 6) is 0.804. The Hall–Kier alpha value is -1.43. The minimum Gasteiger partial charge on any atom is -0.356 e. The second kappa shape index (κ2) is 4.84. The average molecular weight is 292 g/mol. The van der Waals surface area contributed by atoms with Gasteiger partial charge in [0.2, 0.25) is 4.96 Å². The topological polar surface area (TPSA) is 50.5 Å². The lowest BCUT2D eigenvalue weighted by molar-refractivity contribution is 0.568. The SMILES string of the molecule is CC(C)(C)c1nn2c(=O)cc(N3CCCCC3)nc2s1. The van der Waals surface area contributed by atoms with Gasteiger partial charge in [-0.05, 0) is 19.3 Å². The van der Waals surface area contributed by atoms with E-state index in [-0.39, 0.29) is 11.0 Å². The van der Waals surface area contributed by atoms with E-state index in [4.69, 9.17) is 0 Å². The first-order chi connectivity index (χ1) is 9.45. The molecule has 0 bridgehead atoms. The van der Waals surface area contributed by atoms with E-state index in [1.54, 1.807) is 6.07 Å². The van der Waals surface area contributed by atoms with E-state index in [9.17, 15) is 4.79 Å². The maximum Gasteiger partial charge on any atom is 0.277 e. The Bertz CT molecular complexity index is 677. The highest BCUT2D eigenvalue weighted by atomic mass is 32.1. The van der Waals surface area contributed by atoms with Crippen LogP contribution in [0.2, 0.25) is 0 Å². The average Bonchev–Trinajstić information content (AvgIpc) is 2.84. The molecular weight excluding hydrogens is 272 g/mol. The number of rotatable bonds is 1. The molecule has 0 amide bonds. The lowest BCUT2D eigenvalue weighted by Gasteiger charge is -2.27. The molecule has 3 rings (SSSR count). The van der Waals surface area contributed by atoms with Gasteiger partial charge in [-0.1, -0.05) is 32.1 Å². The maximum absolute atomic E-state index is 12.2. The van der Waals surface area contributed by atoms with Gasteiger partial charge in [0.25, 0.3) is 5.56 Å². The molecule has 1 aliphatic rings. The number of aromatic nitrogens is 3. The summed E-state index contributed by atoms with van der Waals surface area (Å²) in [6.07, 6.45) is 3.63. The molecule has 0 saturated carbocycles. The van der Waals surface area contributed by atoms with Gasteiger partial charge in [0.15, 0.2) is 0 Å². The van der Waals surface area contributed by atoms with Crippen molar-refractivity contribution in [3.63, 3.8) is 0 Å². The van der Waals surface area contributed by atoms with Crippen LogP contribution in [0, 0.1) is 0 Å². The molecular formula is C14H20N4OS. The van der Waals surface area contributed by atoms with Crippen LogP contribution in [0.4, 0.5) is 5.82 Å². The second-order valence-electron chi connectivity index (χ2n) is 6.35. The fraction of sp³-hybridized carbons (Fsp3) is 0.643. The number of anilines is 1. The molecule has 3 heterocycles. The molecule has 0 N–H and O–H groups in total. The van der Waals surface area contributed by atoms with Crippen LogP contribution >= 0.6 is 11.3 Å². The Morgan fingerprint density at radius 3 is 2.55 bits per heavy atom. The molecule has 0 spiro atoms. The van der Waals surface area contributed by atoms with Crippen molar-refractivity contribution >= 4 is 22.1 Å². The van der Waals surface area contributed by atoms with Gasteiger partial charge in [-0.3, -0.25) is 4.79 Å². The van der Waals surface area contributed by atoms with Crippen molar-refractivity contribution in [2.24, 2.45) is 0 Å². The molecule has 2 aromatic rings. The van der Waals surface area contributed by atoms with Gasteiger partial charge in [0.05, 0.1) is 0 Å². The zero-order chi connectivity index (χ0) is 14.3. The number of fused-ring (bicyclic) bond motifs is 1. The summed E-state index contributed by atoms with van der Waals surface area (Å²) in [7, 11) is 0. The maximum atomic E-state index is 12.2. The van der Waals surface area contributed by atoms with Crippen molar-refractivity contribution in [2.45, 2.75) is 45.4 Å². The van der Waals surface area contributed by atoms with Crippen LogP contribution in [0.3, 0.4) is 0 Å². The predicted molar refractivity (Wildman–Crippen MR) is 81.9 cm³/mol. The zero-order valence-corrected chi connectivity index (χ0v) is 13.0. The third-order valence-electron chi connectivity index (χ3n) is 3.55. The normalized spacial score (nSPS) is 16.9. The molecule has 0 unspecified atom stereocenters. The van der Waals surface area contributed by atoms with Crippen LogP contribution < -0.4 is 10.5 Å². The fourth-order valence-corrected chi connectivity index (χ4v) is 3.35. The fourth-order valence-electron chi connectivity index (χ4n) is 2.39. The summed E-state index contributed by atoms with van der Waals surface area (Å²) in [6, 6.07) is 1.62. The number of nitrogens with zero attached hydrogens (tertiary/aromatic N) is 4. The summed E-state index contributed by atoms with van der Waals surface area (Å²) >= 11 is 1.51. The van der Waals surface area contributed by atoms with E-state index in [0.29, 0.717) is 4.96 Å². The van der Waals surface area contributed by atoms with E-state index in [2.05, 4.69) is 35.8 Å². The van der Waals surface area contributed by atoms with E-state index in [1.807, 2.05) is 0 Å². The first-order valence-electron chi connectivity index (χ1n) is 7.11. The largest absolute Gasteiger partial charge is 0.356 e. The van der Waals surface area contributed by atoms with Crippen molar-refractivity contribution in [3.8, 4) is 0 Å². The monoisotopic (exact) mass is 292 g/mol. The van der Waals surface area contributed by atoms with Gasteiger partial charge < -0.3 is 4.90 Å². The second-order valence-corrected chi connectivity index (χ2v) is 7.31. The Balaban J connectivity index is 2.06. The summed E-state index contributed by atoms with van der Waals surface area (Å²) in [5.41, 5.74) is -0.141. The van der Waals surface area contributed by atoms with Gasteiger partial charge in [0.1, 0.15) is 10.8 Å². The van der Waals surface area contributed by atoms with Crippen LogP contribution in [-0.4, -0.2) is 27.7 Å². The van der Waals surface area contributed by atoms with E-state index >= 15 is 0 Å². The summed E-state index contributed by atoms with van der Waals surface area (Å²) in [4.78, 5) is 19.8. The van der Waals surface area contributed by atoms with Gasteiger partial charge >= 0.3 is 0 Å². The molecule has 0 aliphatic carbocycles. The molecule has 1 fully saturated rings. The first-order valence-corrected chi connectivity index (χ1v) is 7.93. The molecule has 0 atom stereocenters. The molecule has 0 aromatic carbocycles. The summed E-state index contributed by atoms with van der Waals surface area (Å²) in [6.45, 7) is 8.28. The molecule has 108 valence electrons. The Morgan fingerprint density at radius 1 is 1.20 bits per heavy atom. The lowest BCUT2D eigenvalue weighted by atomic mass is 9.98. The lowest BCUT2D eigenvalue weighted by Crippen LogP contribution is -2.31. The Morgan fingerprint density at radius 2 is 1.90 bits per heavy atom. The highest BCUT2D eigenvalue weighted by Crippen LogP contribution is 2.27. The van der Waals surface area contributed by atoms with Crippen LogP contribution in [0.5, 0.6) is 0 Å². The molecule has 2 aromatic heterocycles. The molecule has 20 heavy (non-hydrogen) atoms. The minimum atomic E-state index is -0.0812. The van der Waals surface area contributed by atoms with Crippen molar-refractivity contribution in [1.82, 2.24) is 14.6 Å². The standard InChI is InChI=1S/C14H20N4OS/c1-14(2,3)12-16-18-11(19)9-10(15-13(18)20-12)17-7-5-4-6-8-17/h9H,4-8H2,1-3H3. The molecule has 0 radical (unpaired) electrons. The van der Waals surface area contributed by atoms with E-state index in [0.717, 1.165) is 23.9 Å². The van der Waals surface area contributed by atoms with Gasteiger partial charge in [0, 0.05) is 24.6 Å². The van der Waals surface area contributed by atoms with E-state index in [1.165, 1.54) is 35.1 Å². The highest BCUT2D eigenvalue weighted by molar-refractivity contribution is 7.16. The van der Waals surface area contributed by atoms with E-state index < -0.39 is 0 Å². The van der Waals surface area contributed by atoms with Crippen molar-refractivity contribution < 1.29 is 0 Å². The van der Waals surface area contributed by atoms with Crippen molar-refractivity contribution in [3.05, 3.63) is 21.4 Å². The quantitative estimate of drug-likeness (QED) is 0.810. The molecule has 1 aliphatic heterocycles. The molecule has 1 saturated heterocycles. The van der Waals surface area contributed by atoms with Crippen LogP contribution in [-0.2, 0) is 5.41 Å². The summed E-state index contributed by atoms with van der Waals surface area (Å²) < 4.78 is 1.43. The zero-order valence-electron chi connectivity index (χ0n) is 12.2.